The second-order valence-electron chi connectivity index (χ2n) is 8.03. The molecule has 34 heavy (non-hydrogen) atoms. The van der Waals surface area contributed by atoms with E-state index in [1.807, 2.05) is 6.07 Å². The minimum absolute atomic E-state index is 0.182. The Morgan fingerprint density at radius 2 is 1.76 bits per heavy atom. The van der Waals surface area contributed by atoms with Gasteiger partial charge in [0.05, 0.1) is 23.8 Å². The quantitative estimate of drug-likeness (QED) is 0.578. The summed E-state index contributed by atoms with van der Waals surface area (Å²) in [7, 11) is -3.71. The maximum Gasteiger partial charge on any atom is 0.267 e. The number of ether oxygens (including phenoxy) is 1. The molecular formula is C24H26N4O5S. The molecule has 2 heterocycles. The number of morpholine rings is 1. The van der Waals surface area contributed by atoms with Crippen molar-refractivity contribution in [2.45, 2.75) is 24.8 Å². The smallest absolute Gasteiger partial charge is 0.267 e. The largest absolute Gasteiger partial charge is 0.379 e. The molecule has 3 aromatic rings. The molecule has 178 valence electrons. The van der Waals surface area contributed by atoms with Crippen LogP contribution in [-0.4, -0.2) is 54.7 Å². The Morgan fingerprint density at radius 1 is 1.06 bits per heavy atom. The highest BCUT2D eigenvalue weighted by molar-refractivity contribution is 7.89. The number of aromatic nitrogens is 2. The summed E-state index contributed by atoms with van der Waals surface area (Å²) in [5.74, 6) is -0.391. The molecule has 1 aliphatic rings. The van der Waals surface area contributed by atoms with Crippen LogP contribution in [0.1, 0.15) is 18.5 Å². The minimum Gasteiger partial charge on any atom is -0.379 e. The molecule has 1 fully saturated rings. The van der Waals surface area contributed by atoms with Crippen molar-refractivity contribution in [1.29, 1.82) is 0 Å². The van der Waals surface area contributed by atoms with Crippen molar-refractivity contribution in [2.24, 2.45) is 0 Å². The van der Waals surface area contributed by atoms with Gasteiger partial charge in [0.25, 0.3) is 5.56 Å². The van der Waals surface area contributed by atoms with Crippen molar-refractivity contribution < 1.29 is 17.9 Å². The first-order chi connectivity index (χ1) is 16.3. The summed E-state index contributed by atoms with van der Waals surface area (Å²) in [6.07, 6.45) is 0. The Morgan fingerprint density at radius 3 is 2.47 bits per heavy atom. The Hall–Kier alpha value is -3.34. The van der Waals surface area contributed by atoms with E-state index < -0.39 is 27.5 Å². The number of para-hydroxylation sites is 1. The van der Waals surface area contributed by atoms with E-state index in [1.165, 1.54) is 16.4 Å². The molecule has 2 aromatic carbocycles. The lowest BCUT2D eigenvalue weighted by Gasteiger charge is -2.26. The number of benzene rings is 2. The summed E-state index contributed by atoms with van der Waals surface area (Å²) >= 11 is 0. The number of carbonyl (C=O) groups excluding carboxylic acids is 1. The summed E-state index contributed by atoms with van der Waals surface area (Å²) in [5, 5.41) is 7.15. The van der Waals surface area contributed by atoms with Gasteiger partial charge in [0, 0.05) is 30.4 Å². The van der Waals surface area contributed by atoms with Crippen molar-refractivity contribution in [3.63, 3.8) is 0 Å². The number of sulfonamides is 1. The van der Waals surface area contributed by atoms with Gasteiger partial charge in [-0.3, -0.25) is 9.59 Å². The standard InChI is InChI=1S/C24H26N4O5S/c1-17-8-9-19(16-22(17)34(31,32)27-12-14-33-15-13-27)21-10-11-23(29)28(26-21)18(2)24(30)25-20-6-4-3-5-7-20/h3-11,16,18H,12-15H2,1-2H3,(H,25,30)/t18-/m1/s1. The summed E-state index contributed by atoms with van der Waals surface area (Å²) in [6, 6.07) is 15.9. The van der Waals surface area contributed by atoms with Crippen LogP contribution in [0, 0.1) is 6.92 Å². The van der Waals surface area contributed by atoms with Gasteiger partial charge in [0.2, 0.25) is 15.9 Å². The lowest BCUT2D eigenvalue weighted by Crippen LogP contribution is -2.40. The zero-order valence-corrected chi connectivity index (χ0v) is 19.8. The number of carbonyl (C=O) groups is 1. The molecule has 4 rings (SSSR count). The monoisotopic (exact) mass is 482 g/mol. The number of nitrogens with zero attached hydrogens (tertiary/aromatic N) is 3. The van der Waals surface area contributed by atoms with Gasteiger partial charge in [-0.25, -0.2) is 13.1 Å². The molecule has 0 unspecified atom stereocenters. The fourth-order valence-corrected chi connectivity index (χ4v) is 5.36. The third-order valence-electron chi connectivity index (χ3n) is 5.68. The number of hydrogen-bond donors (Lipinski definition) is 1. The maximum atomic E-state index is 13.2. The van der Waals surface area contributed by atoms with Gasteiger partial charge in [-0.1, -0.05) is 30.3 Å². The molecule has 9 nitrogen and oxygen atoms in total. The second-order valence-corrected chi connectivity index (χ2v) is 9.94. The highest BCUT2D eigenvalue weighted by Crippen LogP contribution is 2.26. The molecule has 1 amide bonds. The fourth-order valence-electron chi connectivity index (χ4n) is 3.70. The number of aryl methyl sites for hydroxylation is 1. The van der Waals surface area contributed by atoms with Crippen LogP contribution in [-0.2, 0) is 19.6 Å². The van der Waals surface area contributed by atoms with Gasteiger partial charge in [-0.05, 0) is 43.7 Å². The van der Waals surface area contributed by atoms with Gasteiger partial charge in [0.1, 0.15) is 6.04 Å². The van der Waals surface area contributed by atoms with Crippen molar-refractivity contribution >= 4 is 21.6 Å². The van der Waals surface area contributed by atoms with E-state index >= 15 is 0 Å². The topological polar surface area (TPSA) is 111 Å². The zero-order valence-electron chi connectivity index (χ0n) is 19.0. The first-order valence-corrected chi connectivity index (χ1v) is 12.4. The van der Waals surface area contributed by atoms with Crippen LogP contribution >= 0.6 is 0 Å². The Balaban J connectivity index is 1.65. The van der Waals surface area contributed by atoms with E-state index in [0.29, 0.717) is 48.8 Å². The third kappa shape index (κ3) is 4.93. The maximum absolute atomic E-state index is 13.2. The molecule has 0 radical (unpaired) electrons. The second kappa shape index (κ2) is 9.88. The minimum atomic E-state index is -3.71. The number of anilines is 1. The predicted molar refractivity (Wildman–Crippen MR) is 128 cm³/mol. The molecule has 1 aliphatic heterocycles. The van der Waals surface area contributed by atoms with Crippen molar-refractivity contribution in [2.75, 3.05) is 31.6 Å². The van der Waals surface area contributed by atoms with Crippen molar-refractivity contribution in [3.8, 4) is 11.3 Å². The van der Waals surface area contributed by atoms with Crippen LogP contribution in [0.2, 0.25) is 0 Å². The average Bonchev–Trinajstić information content (AvgIpc) is 2.85. The number of nitrogens with one attached hydrogen (secondary N) is 1. The van der Waals surface area contributed by atoms with Crippen LogP contribution in [0.3, 0.4) is 0 Å². The normalized spacial score (nSPS) is 15.6. The number of amides is 1. The predicted octanol–water partition coefficient (Wildman–Crippen LogP) is 2.44. The highest BCUT2D eigenvalue weighted by Gasteiger charge is 2.28. The van der Waals surface area contributed by atoms with E-state index in [-0.39, 0.29) is 4.90 Å². The van der Waals surface area contributed by atoms with Crippen LogP contribution in [0.5, 0.6) is 0 Å². The SMILES string of the molecule is Cc1ccc(-c2ccc(=O)n([C@H](C)C(=O)Nc3ccccc3)n2)cc1S(=O)(=O)N1CCOCC1. The zero-order chi connectivity index (χ0) is 24.3. The molecule has 0 bridgehead atoms. The summed E-state index contributed by atoms with van der Waals surface area (Å²) < 4.78 is 34.2. The molecule has 1 N–H and O–H groups in total. The molecule has 0 spiro atoms. The molecule has 10 heteroatoms. The first-order valence-electron chi connectivity index (χ1n) is 10.9. The lowest BCUT2D eigenvalue weighted by atomic mass is 10.1. The van der Waals surface area contributed by atoms with Crippen molar-refractivity contribution in [3.05, 3.63) is 76.6 Å². The van der Waals surface area contributed by atoms with Gasteiger partial charge in [0.15, 0.2) is 0 Å². The Kier molecular flexibility index (Phi) is 6.92. The summed E-state index contributed by atoms with van der Waals surface area (Å²) in [6.45, 7) is 4.62. The molecular weight excluding hydrogens is 456 g/mol. The van der Waals surface area contributed by atoms with E-state index in [4.69, 9.17) is 4.74 Å². The first kappa shape index (κ1) is 23.8. The molecule has 1 saturated heterocycles. The number of rotatable bonds is 6. The molecule has 0 saturated carbocycles. The van der Waals surface area contributed by atoms with Crippen LogP contribution < -0.4 is 10.9 Å². The fraction of sp³-hybridized carbons (Fsp3) is 0.292. The molecule has 0 aliphatic carbocycles. The summed E-state index contributed by atoms with van der Waals surface area (Å²) in [5.41, 5.74) is 1.70. The van der Waals surface area contributed by atoms with Gasteiger partial charge < -0.3 is 10.1 Å². The lowest BCUT2D eigenvalue weighted by molar-refractivity contribution is -0.119. The van der Waals surface area contributed by atoms with E-state index in [9.17, 15) is 18.0 Å². The van der Waals surface area contributed by atoms with Crippen LogP contribution in [0.4, 0.5) is 5.69 Å². The van der Waals surface area contributed by atoms with Gasteiger partial charge in [-0.15, -0.1) is 0 Å². The average molecular weight is 483 g/mol. The molecule has 1 atom stereocenters. The number of hydrogen-bond acceptors (Lipinski definition) is 6. The third-order valence-corrected chi connectivity index (χ3v) is 7.73. The van der Waals surface area contributed by atoms with Crippen LogP contribution in [0.15, 0.2) is 70.4 Å². The highest BCUT2D eigenvalue weighted by atomic mass is 32.2. The van der Waals surface area contributed by atoms with Crippen molar-refractivity contribution in [1.82, 2.24) is 14.1 Å². The molecule has 1 aromatic heterocycles. The van der Waals surface area contributed by atoms with Crippen LogP contribution in [0.25, 0.3) is 11.3 Å². The van der Waals surface area contributed by atoms with E-state index in [2.05, 4.69) is 10.4 Å². The Labute approximate surface area is 198 Å². The summed E-state index contributed by atoms with van der Waals surface area (Å²) in [4.78, 5) is 25.4. The van der Waals surface area contributed by atoms with E-state index in [0.717, 1.165) is 4.68 Å². The Bertz CT molecular complexity index is 1350. The van der Waals surface area contributed by atoms with Gasteiger partial charge >= 0.3 is 0 Å². The van der Waals surface area contributed by atoms with E-state index in [1.54, 1.807) is 56.3 Å². The van der Waals surface area contributed by atoms with Gasteiger partial charge in [-0.2, -0.15) is 9.40 Å².